The maximum atomic E-state index is 12.3. The van der Waals surface area contributed by atoms with Crippen LogP contribution in [0.3, 0.4) is 0 Å². The lowest BCUT2D eigenvalue weighted by Crippen LogP contribution is -2.27. The molecule has 5 nitrogen and oxygen atoms in total. The number of sulfonamides is 1. The summed E-state index contributed by atoms with van der Waals surface area (Å²) < 4.78 is 27.2. The molecular weight excluding hydrogens is 306 g/mol. The van der Waals surface area contributed by atoms with E-state index in [1.807, 2.05) is 26.2 Å². The second-order valence-electron chi connectivity index (χ2n) is 4.98. The molecule has 3 N–H and O–H groups in total. The van der Waals surface area contributed by atoms with Crippen molar-refractivity contribution >= 4 is 27.0 Å². The zero-order valence-electron chi connectivity index (χ0n) is 12.3. The van der Waals surface area contributed by atoms with Crippen LogP contribution in [0.5, 0.6) is 0 Å². The van der Waals surface area contributed by atoms with Crippen molar-refractivity contribution in [2.45, 2.75) is 32.1 Å². The first-order valence-corrected chi connectivity index (χ1v) is 8.93. The number of anilines is 1. The fourth-order valence-corrected chi connectivity index (χ4v) is 3.83. The molecule has 0 bridgehead atoms. The summed E-state index contributed by atoms with van der Waals surface area (Å²) in [4.78, 5) is 4.44. The number of aryl methyl sites for hydroxylation is 3. The Morgan fingerprint density at radius 1 is 1.24 bits per heavy atom. The van der Waals surface area contributed by atoms with Gasteiger partial charge in [-0.1, -0.05) is 0 Å². The Kier molecular flexibility index (Phi) is 4.65. The van der Waals surface area contributed by atoms with Crippen LogP contribution in [0.1, 0.15) is 21.8 Å². The molecule has 7 heteroatoms. The molecule has 0 spiro atoms. The number of nitrogens with zero attached hydrogens (tertiary/aromatic N) is 1. The summed E-state index contributed by atoms with van der Waals surface area (Å²) in [5, 5.41) is 2.92. The van der Waals surface area contributed by atoms with Crippen LogP contribution in [-0.2, 0) is 16.4 Å². The first-order valence-electron chi connectivity index (χ1n) is 6.57. The van der Waals surface area contributed by atoms with Crippen LogP contribution >= 0.6 is 11.3 Å². The number of nitrogen functional groups attached to an aromatic ring is 1. The maximum Gasteiger partial charge on any atom is 0.242 e. The molecule has 0 amide bonds. The second kappa shape index (κ2) is 6.13. The molecule has 0 fully saturated rings. The van der Waals surface area contributed by atoms with Crippen LogP contribution in [-0.4, -0.2) is 19.9 Å². The molecule has 0 unspecified atom stereocenters. The molecule has 2 aromatic rings. The number of hydrogen-bond acceptors (Lipinski definition) is 5. The van der Waals surface area contributed by atoms with Crippen molar-refractivity contribution in [2.24, 2.45) is 0 Å². The minimum Gasteiger partial charge on any atom is -0.398 e. The van der Waals surface area contributed by atoms with Crippen LogP contribution in [0.4, 0.5) is 5.69 Å². The molecule has 1 aromatic heterocycles. The number of benzene rings is 1. The molecule has 0 saturated carbocycles. The van der Waals surface area contributed by atoms with Crippen LogP contribution in [0.25, 0.3) is 0 Å². The second-order valence-corrected chi connectivity index (χ2v) is 7.78. The molecule has 1 aromatic carbocycles. The van der Waals surface area contributed by atoms with Gasteiger partial charge in [0, 0.05) is 18.3 Å². The van der Waals surface area contributed by atoms with Crippen LogP contribution in [0.15, 0.2) is 22.4 Å². The van der Waals surface area contributed by atoms with Crippen LogP contribution < -0.4 is 10.5 Å². The number of nitrogens with one attached hydrogen (secondary N) is 1. The van der Waals surface area contributed by atoms with Gasteiger partial charge in [0.1, 0.15) is 4.90 Å². The molecule has 1 heterocycles. The lowest BCUT2D eigenvalue weighted by Gasteiger charge is -2.11. The van der Waals surface area contributed by atoms with Gasteiger partial charge in [-0.25, -0.2) is 18.1 Å². The highest BCUT2D eigenvalue weighted by molar-refractivity contribution is 7.89. The zero-order valence-corrected chi connectivity index (χ0v) is 13.9. The third kappa shape index (κ3) is 3.81. The fraction of sp³-hybridized carbons (Fsp3) is 0.357. The van der Waals surface area contributed by atoms with Crippen molar-refractivity contribution in [3.8, 4) is 0 Å². The first-order chi connectivity index (χ1) is 9.79. The number of thiazole rings is 1. The molecule has 0 aliphatic heterocycles. The third-order valence-electron chi connectivity index (χ3n) is 3.26. The Labute approximate surface area is 129 Å². The lowest BCUT2D eigenvalue weighted by molar-refractivity contribution is 0.581. The fourth-order valence-electron chi connectivity index (χ4n) is 1.96. The number of hydrogen-bond donors (Lipinski definition) is 2. The Balaban J connectivity index is 2.10. The smallest absolute Gasteiger partial charge is 0.242 e. The van der Waals surface area contributed by atoms with E-state index in [1.165, 1.54) is 0 Å². The number of rotatable bonds is 5. The van der Waals surface area contributed by atoms with Crippen molar-refractivity contribution in [3.63, 3.8) is 0 Å². The van der Waals surface area contributed by atoms with Gasteiger partial charge in [-0.05, 0) is 44.0 Å². The molecule has 0 saturated heterocycles. The normalized spacial score (nSPS) is 11.8. The van der Waals surface area contributed by atoms with E-state index in [1.54, 1.807) is 23.5 Å². The summed E-state index contributed by atoms with van der Waals surface area (Å²) in [6, 6.07) is 3.30. The van der Waals surface area contributed by atoms with Crippen molar-refractivity contribution < 1.29 is 8.42 Å². The molecule has 21 heavy (non-hydrogen) atoms. The topological polar surface area (TPSA) is 85.1 Å². The summed E-state index contributed by atoms with van der Waals surface area (Å²) in [5.74, 6) is 0. The van der Waals surface area contributed by atoms with Crippen molar-refractivity contribution in [1.82, 2.24) is 9.71 Å². The molecular formula is C14H19N3O2S2. The van der Waals surface area contributed by atoms with E-state index in [0.717, 1.165) is 21.8 Å². The van der Waals surface area contributed by atoms with E-state index in [0.29, 0.717) is 13.0 Å². The molecule has 0 aliphatic carbocycles. The highest BCUT2D eigenvalue weighted by atomic mass is 32.2. The summed E-state index contributed by atoms with van der Waals surface area (Å²) in [6.45, 7) is 6.00. The monoisotopic (exact) mass is 325 g/mol. The van der Waals surface area contributed by atoms with Gasteiger partial charge in [-0.2, -0.15) is 0 Å². The Morgan fingerprint density at radius 2 is 1.90 bits per heavy atom. The Morgan fingerprint density at radius 3 is 2.52 bits per heavy atom. The van der Waals surface area contributed by atoms with E-state index in [9.17, 15) is 8.42 Å². The van der Waals surface area contributed by atoms with Crippen LogP contribution in [0, 0.1) is 20.8 Å². The minimum atomic E-state index is -3.59. The molecule has 2 rings (SSSR count). The van der Waals surface area contributed by atoms with Gasteiger partial charge < -0.3 is 5.73 Å². The van der Waals surface area contributed by atoms with Crippen molar-refractivity contribution in [2.75, 3.05) is 12.3 Å². The molecule has 0 radical (unpaired) electrons. The van der Waals surface area contributed by atoms with Gasteiger partial charge in [0.05, 0.1) is 16.4 Å². The zero-order chi connectivity index (χ0) is 15.6. The summed E-state index contributed by atoms with van der Waals surface area (Å²) >= 11 is 1.56. The highest BCUT2D eigenvalue weighted by Gasteiger charge is 2.18. The van der Waals surface area contributed by atoms with Crippen LogP contribution in [0.2, 0.25) is 0 Å². The SMILES string of the molecule is Cc1nc(CCNS(=O)(=O)c2cc(C)c(C)cc2N)cs1. The van der Waals surface area contributed by atoms with Gasteiger partial charge in [0.15, 0.2) is 0 Å². The molecule has 0 atom stereocenters. The average molecular weight is 325 g/mol. The maximum absolute atomic E-state index is 12.3. The van der Waals surface area contributed by atoms with Gasteiger partial charge in [-0.15, -0.1) is 11.3 Å². The molecule has 0 aliphatic rings. The summed E-state index contributed by atoms with van der Waals surface area (Å²) in [7, 11) is -3.59. The number of aromatic nitrogens is 1. The molecule has 114 valence electrons. The number of nitrogens with two attached hydrogens (primary N) is 1. The van der Waals surface area contributed by atoms with E-state index in [4.69, 9.17) is 5.73 Å². The third-order valence-corrected chi connectivity index (χ3v) is 5.59. The largest absolute Gasteiger partial charge is 0.398 e. The van der Waals surface area contributed by atoms with E-state index < -0.39 is 10.0 Å². The van der Waals surface area contributed by atoms with Crippen molar-refractivity contribution in [3.05, 3.63) is 39.3 Å². The first kappa shape index (κ1) is 15.9. The lowest BCUT2D eigenvalue weighted by atomic mass is 10.1. The average Bonchev–Trinajstić information content (AvgIpc) is 2.79. The highest BCUT2D eigenvalue weighted by Crippen LogP contribution is 2.22. The van der Waals surface area contributed by atoms with Gasteiger partial charge in [0.25, 0.3) is 0 Å². The summed E-state index contributed by atoms with van der Waals surface area (Å²) in [6.07, 6.45) is 0.564. The minimum absolute atomic E-state index is 0.139. The standard InChI is InChI=1S/C14H19N3O2S2/c1-9-6-13(15)14(7-10(9)2)21(18,19)16-5-4-12-8-20-11(3)17-12/h6-8,16H,4-5,15H2,1-3H3. The predicted octanol–water partition coefficient (Wildman–Crippen LogP) is 2.17. The Hall–Kier alpha value is -1.44. The summed E-state index contributed by atoms with van der Waals surface area (Å²) in [5.41, 5.74) is 8.88. The van der Waals surface area contributed by atoms with Gasteiger partial charge in [0.2, 0.25) is 10.0 Å². The predicted molar refractivity (Wildman–Crippen MR) is 86.1 cm³/mol. The van der Waals surface area contributed by atoms with E-state index in [-0.39, 0.29) is 10.6 Å². The van der Waals surface area contributed by atoms with E-state index in [2.05, 4.69) is 9.71 Å². The Bertz CT molecular complexity index is 752. The van der Waals surface area contributed by atoms with E-state index >= 15 is 0 Å². The van der Waals surface area contributed by atoms with Gasteiger partial charge in [-0.3, -0.25) is 0 Å². The van der Waals surface area contributed by atoms with Gasteiger partial charge >= 0.3 is 0 Å². The van der Waals surface area contributed by atoms with Crippen molar-refractivity contribution in [1.29, 1.82) is 0 Å². The quantitative estimate of drug-likeness (QED) is 0.825.